The summed E-state index contributed by atoms with van der Waals surface area (Å²) in [6.45, 7) is 0.114. The Labute approximate surface area is 143 Å². The predicted molar refractivity (Wildman–Crippen MR) is 89.1 cm³/mol. The van der Waals surface area contributed by atoms with Crippen molar-refractivity contribution in [3.8, 4) is 5.75 Å². The minimum atomic E-state index is -0.542. The van der Waals surface area contributed by atoms with Crippen molar-refractivity contribution < 1.29 is 18.7 Å². The molecule has 0 aliphatic carbocycles. The van der Waals surface area contributed by atoms with E-state index >= 15 is 0 Å². The van der Waals surface area contributed by atoms with E-state index in [4.69, 9.17) is 13.9 Å². The number of hydrogen-bond acceptors (Lipinski definition) is 6. The number of esters is 1. The Balaban J connectivity index is 1.58. The molecule has 0 aliphatic heterocycles. The van der Waals surface area contributed by atoms with Gasteiger partial charge >= 0.3 is 5.97 Å². The summed E-state index contributed by atoms with van der Waals surface area (Å²) in [4.78, 5) is 27.7. The van der Waals surface area contributed by atoms with Crippen LogP contribution in [-0.4, -0.2) is 11.0 Å². The van der Waals surface area contributed by atoms with Crippen molar-refractivity contribution in [2.45, 2.75) is 13.2 Å². The summed E-state index contributed by atoms with van der Waals surface area (Å²) in [5, 5.41) is 0. The summed E-state index contributed by atoms with van der Waals surface area (Å²) in [6.07, 6.45) is 4.18. The van der Waals surface area contributed by atoms with Crippen LogP contribution in [0.2, 0.25) is 0 Å². The molecule has 0 unspecified atom stereocenters. The molecule has 0 radical (unpaired) electrons. The zero-order valence-corrected chi connectivity index (χ0v) is 13.3. The van der Waals surface area contributed by atoms with Crippen LogP contribution >= 0.6 is 0 Å². The van der Waals surface area contributed by atoms with Crippen LogP contribution in [0.25, 0.3) is 0 Å². The van der Waals surface area contributed by atoms with Gasteiger partial charge in [0.05, 0.1) is 5.56 Å². The lowest BCUT2D eigenvalue weighted by molar-refractivity contribution is 0.0442. The highest BCUT2D eigenvalue weighted by molar-refractivity contribution is 5.88. The van der Waals surface area contributed by atoms with Gasteiger partial charge in [-0.1, -0.05) is 30.3 Å². The molecular weight excluding hydrogens is 322 g/mol. The molecule has 1 aromatic carbocycles. The Morgan fingerprint density at radius 3 is 2.64 bits per heavy atom. The van der Waals surface area contributed by atoms with Gasteiger partial charge in [0.2, 0.25) is 11.2 Å². The van der Waals surface area contributed by atoms with Gasteiger partial charge in [0.25, 0.3) is 0 Å². The molecule has 0 aliphatic rings. The fourth-order valence-electron chi connectivity index (χ4n) is 2.06. The van der Waals surface area contributed by atoms with Gasteiger partial charge in [0.1, 0.15) is 25.2 Å². The molecule has 2 heterocycles. The van der Waals surface area contributed by atoms with E-state index in [0.717, 1.165) is 5.56 Å². The number of aromatic nitrogens is 1. The quantitative estimate of drug-likeness (QED) is 0.644. The van der Waals surface area contributed by atoms with E-state index in [0.29, 0.717) is 5.56 Å². The van der Waals surface area contributed by atoms with Crippen LogP contribution in [0, 0.1) is 0 Å². The van der Waals surface area contributed by atoms with Gasteiger partial charge in [-0.05, 0) is 17.7 Å². The molecule has 0 fully saturated rings. The maximum Gasteiger partial charge on any atom is 0.340 e. The molecule has 0 bridgehead atoms. The molecule has 0 saturated carbocycles. The van der Waals surface area contributed by atoms with Crippen molar-refractivity contribution in [3.05, 3.63) is 94.3 Å². The number of carbonyl (C=O) groups excluding carboxylic acids is 1. The highest BCUT2D eigenvalue weighted by Gasteiger charge is 2.10. The molecule has 25 heavy (non-hydrogen) atoms. The van der Waals surface area contributed by atoms with Gasteiger partial charge < -0.3 is 13.9 Å². The Morgan fingerprint density at radius 2 is 1.92 bits per heavy atom. The Kier molecular flexibility index (Phi) is 5.21. The van der Waals surface area contributed by atoms with Crippen molar-refractivity contribution in [1.82, 2.24) is 4.98 Å². The highest BCUT2D eigenvalue weighted by atomic mass is 16.5. The largest absolute Gasteiger partial charge is 0.482 e. The van der Waals surface area contributed by atoms with Crippen molar-refractivity contribution in [2.24, 2.45) is 0 Å². The monoisotopic (exact) mass is 337 g/mol. The standard InChI is InChI=1S/C19H15NO5/c21-17-9-16(12-25-19(22)15-7-4-8-20-10-15)23-13-18(17)24-11-14-5-2-1-3-6-14/h1-10,13H,11-12H2. The SMILES string of the molecule is O=C(OCc1cc(=O)c(OCc2ccccc2)co1)c1cccnc1. The first-order valence-electron chi connectivity index (χ1n) is 7.58. The number of nitrogens with zero attached hydrogens (tertiary/aromatic N) is 1. The zero-order valence-electron chi connectivity index (χ0n) is 13.3. The third kappa shape index (κ3) is 4.54. The predicted octanol–water partition coefficient (Wildman–Crippen LogP) is 2.97. The average molecular weight is 337 g/mol. The fourth-order valence-corrected chi connectivity index (χ4v) is 2.06. The molecule has 126 valence electrons. The highest BCUT2D eigenvalue weighted by Crippen LogP contribution is 2.10. The number of pyridine rings is 1. The molecule has 0 N–H and O–H groups in total. The second-order valence-electron chi connectivity index (χ2n) is 5.17. The lowest BCUT2D eigenvalue weighted by Crippen LogP contribution is -2.10. The average Bonchev–Trinajstić information content (AvgIpc) is 2.67. The first kappa shape index (κ1) is 16.4. The van der Waals surface area contributed by atoms with Crippen molar-refractivity contribution in [3.63, 3.8) is 0 Å². The molecule has 6 nitrogen and oxygen atoms in total. The van der Waals surface area contributed by atoms with Gasteiger partial charge in [0.15, 0.2) is 0 Å². The van der Waals surface area contributed by atoms with Gasteiger partial charge in [-0.15, -0.1) is 0 Å². The smallest absolute Gasteiger partial charge is 0.340 e. The Hall–Kier alpha value is -3.41. The van der Waals surface area contributed by atoms with Crippen LogP contribution in [-0.2, 0) is 18.0 Å². The maximum absolute atomic E-state index is 12.0. The Bertz CT molecular complexity index is 890. The normalized spacial score (nSPS) is 10.2. The molecule has 0 atom stereocenters. The summed E-state index contributed by atoms with van der Waals surface area (Å²) in [5.74, 6) is -0.208. The topological polar surface area (TPSA) is 78.6 Å². The van der Waals surface area contributed by atoms with Crippen molar-refractivity contribution in [1.29, 1.82) is 0 Å². The van der Waals surface area contributed by atoms with Gasteiger partial charge in [-0.25, -0.2) is 4.79 Å². The molecule has 0 amide bonds. The number of rotatable bonds is 6. The third-order valence-electron chi connectivity index (χ3n) is 3.33. The molecule has 0 spiro atoms. The summed E-state index contributed by atoms with van der Waals surface area (Å²) >= 11 is 0. The summed E-state index contributed by atoms with van der Waals surface area (Å²) in [6, 6.07) is 13.9. The molecule has 6 heteroatoms. The second-order valence-corrected chi connectivity index (χ2v) is 5.17. The molecule has 3 rings (SSSR count). The Morgan fingerprint density at radius 1 is 1.08 bits per heavy atom. The van der Waals surface area contributed by atoms with E-state index in [9.17, 15) is 9.59 Å². The van der Waals surface area contributed by atoms with Crippen LogP contribution in [0.4, 0.5) is 0 Å². The van der Waals surface area contributed by atoms with E-state index in [-0.39, 0.29) is 30.2 Å². The first-order valence-corrected chi connectivity index (χ1v) is 7.58. The number of ether oxygens (including phenoxy) is 2. The zero-order chi connectivity index (χ0) is 17.5. The van der Waals surface area contributed by atoms with E-state index in [1.54, 1.807) is 18.3 Å². The van der Waals surface area contributed by atoms with Crippen molar-refractivity contribution >= 4 is 5.97 Å². The molecule has 0 saturated heterocycles. The van der Waals surface area contributed by atoms with Gasteiger partial charge in [0, 0.05) is 18.5 Å². The first-order chi connectivity index (χ1) is 12.2. The molecule has 3 aromatic rings. The summed E-state index contributed by atoms with van der Waals surface area (Å²) in [7, 11) is 0. The van der Waals surface area contributed by atoms with Crippen molar-refractivity contribution in [2.75, 3.05) is 0 Å². The van der Waals surface area contributed by atoms with Crippen LogP contribution < -0.4 is 10.2 Å². The van der Waals surface area contributed by atoms with Crippen LogP contribution in [0.15, 0.2) is 76.4 Å². The summed E-state index contributed by atoms with van der Waals surface area (Å²) < 4.78 is 15.8. The fraction of sp³-hybridized carbons (Fsp3) is 0.105. The van der Waals surface area contributed by atoms with E-state index in [1.165, 1.54) is 18.5 Å². The van der Waals surface area contributed by atoms with E-state index < -0.39 is 5.97 Å². The minimum absolute atomic E-state index is 0.103. The minimum Gasteiger partial charge on any atom is -0.482 e. The second kappa shape index (κ2) is 7.92. The number of carbonyl (C=O) groups is 1. The van der Waals surface area contributed by atoms with E-state index in [1.807, 2.05) is 30.3 Å². The molecular formula is C19H15NO5. The van der Waals surface area contributed by atoms with E-state index in [2.05, 4.69) is 4.98 Å². The van der Waals surface area contributed by atoms with Crippen LogP contribution in [0.5, 0.6) is 5.75 Å². The lowest BCUT2D eigenvalue weighted by Gasteiger charge is -2.07. The number of benzene rings is 1. The van der Waals surface area contributed by atoms with Crippen LogP contribution in [0.3, 0.4) is 0 Å². The third-order valence-corrected chi connectivity index (χ3v) is 3.33. The summed E-state index contributed by atoms with van der Waals surface area (Å²) in [5.41, 5.74) is 0.929. The number of hydrogen-bond donors (Lipinski definition) is 0. The lowest BCUT2D eigenvalue weighted by atomic mass is 10.2. The van der Waals surface area contributed by atoms with Gasteiger partial charge in [-0.2, -0.15) is 0 Å². The maximum atomic E-state index is 12.0. The molecule has 2 aromatic heterocycles. The van der Waals surface area contributed by atoms with Crippen LogP contribution in [0.1, 0.15) is 21.7 Å². The van der Waals surface area contributed by atoms with Gasteiger partial charge in [-0.3, -0.25) is 9.78 Å².